The normalized spacial score (nSPS) is 11.9. The molecular formula is C21H27N5O3S. The minimum Gasteiger partial charge on any atom is -0.327 e. The number of hydrogen-bond donors (Lipinski definition) is 2. The topological polar surface area (TPSA) is 96.3 Å². The van der Waals surface area contributed by atoms with Gasteiger partial charge in [0.2, 0.25) is 15.9 Å². The number of aromatic nitrogens is 2. The van der Waals surface area contributed by atoms with Gasteiger partial charge in [-0.05, 0) is 50.5 Å². The van der Waals surface area contributed by atoms with Crippen molar-refractivity contribution in [3.05, 3.63) is 54.4 Å². The van der Waals surface area contributed by atoms with E-state index in [0.29, 0.717) is 12.1 Å². The summed E-state index contributed by atoms with van der Waals surface area (Å²) < 4.78 is 30.0. The molecule has 2 N–H and O–H groups in total. The van der Waals surface area contributed by atoms with Gasteiger partial charge in [0.05, 0.1) is 15.9 Å². The summed E-state index contributed by atoms with van der Waals surface area (Å²) in [4.78, 5) is 18.0. The summed E-state index contributed by atoms with van der Waals surface area (Å²) in [5, 5.41) is 2.62. The van der Waals surface area contributed by atoms with Gasteiger partial charge in [-0.25, -0.2) is 18.1 Å². The minimum atomic E-state index is -3.65. The molecule has 3 rings (SSSR count). The fraction of sp³-hybridized carbons (Fsp3) is 0.333. The van der Waals surface area contributed by atoms with Crippen LogP contribution < -0.4 is 10.0 Å². The van der Waals surface area contributed by atoms with Gasteiger partial charge >= 0.3 is 0 Å². The smallest absolute Gasteiger partial charge is 0.240 e. The molecule has 1 aromatic heterocycles. The van der Waals surface area contributed by atoms with Gasteiger partial charge < -0.3 is 14.8 Å². The largest absolute Gasteiger partial charge is 0.327 e. The third-order valence-corrected chi connectivity index (χ3v) is 6.11. The first-order chi connectivity index (χ1) is 14.3. The number of nitrogens with zero attached hydrogens (tertiary/aromatic N) is 3. The van der Waals surface area contributed by atoms with Crippen LogP contribution in [0.15, 0.2) is 53.4 Å². The Balaban J connectivity index is 1.70. The summed E-state index contributed by atoms with van der Waals surface area (Å²) in [5.74, 6) is 0.641. The first-order valence-electron chi connectivity index (χ1n) is 9.72. The van der Waals surface area contributed by atoms with E-state index in [2.05, 4.69) is 19.5 Å². The van der Waals surface area contributed by atoms with Gasteiger partial charge in [0.15, 0.2) is 0 Å². The molecule has 3 aromatic rings. The van der Waals surface area contributed by atoms with Crippen molar-refractivity contribution in [3.63, 3.8) is 0 Å². The number of anilines is 1. The molecule has 1 heterocycles. The zero-order chi connectivity index (χ0) is 21.7. The van der Waals surface area contributed by atoms with Crippen LogP contribution in [0, 0.1) is 0 Å². The van der Waals surface area contributed by atoms with Crippen LogP contribution in [0.4, 0.5) is 5.69 Å². The number of likely N-dealkylation sites (N-methyl/N-ethyl adjacent to an activating group) is 1. The van der Waals surface area contributed by atoms with Crippen LogP contribution >= 0.6 is 0 Å². The molecule has 0 aliphatic carbocycles. The number of hydrogen-bond acceptors (Lipinski definition) is 5. The molecule has 8 nitrogen and oxygen atoms in total. The summed E-state index contributed by atoms with van der Waals surface area (Å²) in [6, 6.07) is 14.0. The molecule has 160 valence electrons. The molecule has 0 saturated heterocycles. The Kier molecular flexibility index (Phi) is 6.86. The highest BCUT2D eigenvalue weighted by Crippen LogP contribution is 2.17. The summed E-state index contributed by atoms with van der Waals surface area (Å²) in [5.41, 5.74) is 2.50. The van der Waals surface area contributed by atoms with Crippen LogP contribution in [-0.2, 0) is 27.8 Å². The van der Waals surface area contributed by atoms with Crippen LogP contribution in [0.2, 0.25) is 0 Å². The first kappa shape index (κ1) is 21.9. The molecule has 0 radical (unpaired) electrons. The van der Waals surface area contributed by atoms with Crippen molar-refractivity contribution in [3.8, 4) is 0 Å². The number of imidazole rings is 1. The summed E-state index contributed by atoms with van der Waals surface area (Å²) in [6.45, 7) is 3.28. The molecule has 0 unspecified atom stereocenters. The lowest BCUT2D eigenvalue weighted by Gasteiger charge is -2.14. The Bertz CT molecular complexity index is 1120. The second-order valence-corrected chi connectivity index (χ2v) is 9.09. The highest BCUT2D eigenvalue weighted by Gasteiger charge is 2.15. The van der Waals surface area contributed by atoms with Gasteiger partial charge in [0.1, 0.15) is 5.82 Å². The average Bonchev–Trinajstić information content (AvgIpc) is 3.03. The highest BCUT2D eigenvalue weighted by atomic mass is 32.2. The van der Waals surface area contributed by atoms with E-state index in [-0.39, 0.29) is 17.3 Å². The first-order valence-corrected chi connectivity index (χ1v) is 11.2. The van der Waals surface area contributed by atoms with Gasteiger partial charge in [-0.3, -0.25) is 4.79 Å². The maximum Gasteiger partial charge on any atom is 0.240 e. The second kappa shape index (κ2) is 9.38. The molecule has 30 heavy (non-hydrogen) atoms. The predicted molar refractivity (Wildman–Crippen MR) is 118 cm³/mol. The van der Waals surface area contributed by atoms with Crippen molar-refractivity contribution in [2.45, 2.75) is 24.8 Å². The number of rotatable bonds is 9. The van der Waals surface area contributed by atoms with Gasteiger partial charge in [-0.1, -0.05) is 12.1 Å². The maximum absolute atomic E-state index is 12.6. The molecule has 0 atom stereocenters. The van der Waals surface area contributed by atoms with Crippen molar-refractivity contribution in [1.82, 2.24) is 19.2 Å². The van der Waals surface area contributed by atoms with Gasteiger partial charge in [0.25, 0.3) is 0 Å². The van der Waals surface area contributed by atoms with E-state index in [1.165, 1.54) is 19.1 Å². The number of sulfonamides is 1. The summed E-state index contributed by atoms with van der Waals surface area (Å²) in [6.07, 6.45) is 0.477. The molecule has 0 fully saturated rings. The Labute approximate surface area is 177 Å². The van der Waals surface area contributed by atoms with Crippen LogP contribution in [0.3, 0.4) is 0 Å². The summed E-state index contributed by atoms with van der Waals surface area (Å²) >= 11 is 0. The molecular weight excluding hydrogens is 402 g/mol. The lowest BCUT2D eigenvalue weighted by Crippen LogP contribution is -2.27. The summed E-state index contributed by atoms with van der Waals surface area (Å²) in [7, 11) is 0.384. The lowest BCUT2D eigenvalue weighted by molar-refractivity contribution is -0.114. The van der Waals surface area contributed by atoms with Crippen LogP contribution in [0.5, 0.6) is 0 Å². The van der Waals surface area contributed by atoms with E-state index in [1.807, 2.05) is 38.4 Å². The fourth-order valence-corrected chi connectivity index (χ4v) is 4.20. The third kappa shape index (κ3) is 5.44. The fourth-order valence-electron chi connectivity index (χ4n) is 3.17. The zero-order valence-corrected chi connectivity index (χ0v) is 18.2. The molecule has 1 amide bonds. The van der Waals surface area contributed by atoms with E-state index in [9.17, 15) is 13.2 Å². The molecule has 0 aliphatic rings. The molecule has 0 spiro atoms. The van der Waals surface area contributed by atoms with Crippen molar-refractivity contribution in [2.75, 3.05) is 32.5 Å². The van der Waals surface area contributed by atoms with Gasteiger partial charge in [-0.15, -0.1) is 0 Å². The molecule has 2 aromatic carbocycles. The van der Waals surface area contributed by atoms with E-state index in [4.69, 9.17) is 4.98 Å². The molecule has 0 aliphatic heterocycles. The van der Waals surface area contributed by atoms with Crippen LogP contribution in [-0.4, -0.2) is 56.0 Å². The van der Waals surface area contributed by atoms with E-state index < -0.39 is 10.0 Å². The van der Waals surface area contributed by atoms with Crippen molar-refractivity contribution in [2.24, 2.45) is 0 Å². The third-order valence-electron chi connectivity index (χ3n) is 4.63. The molecule has 9 heteroatoms. The predicted octanol–water partition coefficient (Wildman–Crippen LogP) is 2.08. The number of carbonyl (C=O) groups excluding carboxylic acids is 1. The van der Waals surface area contributed by atoms with Crippen LogP contribution in [0.25, 0.3) is 11.0 Å². The second-order valence-electron chi connectivity index (χ2n) is 7.32. The molecule has 0 bridgehead atoms. The van der Waals surface area contributed by atoms with Crippen molar-refractivity contribution >= 4 is 32.7 Å². The standard InChI is InChI=1S/C21H27N5O3S/c1-16(27)23-17-8-10-18(11-9-17)30(28,29)22-13-12-21-24-19-6-4-5-7-20(19)26(21)15-14-25(2)3/h4-11,22H,12-15H2,1-3H3,(H,23,27). The minimum absolute atomic E-state index is 0.151. The number of carbonyl (C=O) groups is 1. The Morgan fingerprint density at radius 3 is 2.47 bits per heavy atom. The number of nitrogens with one attached hydrogen (secondary N) is 2. The van der Waals surface area contributed by atoms with Crippen molar-refractivity contribution in [1.29, 1.82) is 0 Å². The Hall–Kier alpha value is -2.75. The zero-order valence-electron chi connectivity index (χ0n) is 17.4. The number of fused-ring (bicyclic) bond motifs is 1. The molecule has 0 saturated carbocycles. The van der Waals surface area contributed by atoms with E-state index in [1.54, 1.807) is 12.1 Å². The SMILES string of the molecule is CC(=O)Nc1ccc(S(=O)(=O)NCCc2nc3ccccc3n2CCN(C)C)cc1. The average molecular weight is 430 g/mol. The highest BCUT2D eigenvalue weighted by molar-refractivity contribution is 7.89. The number of para-hydroxylation sites is 2. The number of amides is 1. The number of benzene rings is 2. The van der Waals surface area contributed by atoms with Crippen LogP contribution in [0.1, 0.15) is 12.7 Å². The van der Waals surface area contributed by atoms with Gasteiger partial charge in [0, 0.05) is 38.7 Å². The Morgan fingerprint density at radius 2 is 1.80 bits per heavy atom. The van der Waals surface area contributed by atoms with E-state index >= 15 is 0 Å². The Morgan fingerprint density at radius 1 is 1.10 bits per heavy atom. The lowest BCUT2D eigenvalue weighted by atomic mass is 10.3. The van der Waals surface area contributed by atoms with E-state index in [0.717, 1.165) is 29.9 Å². The quantitative estimate of drug-likeness (QED) is 0.543. The maximum atomic E-state index is 12.6. The van der Waals surface area contributed by atoms with Crippen molar-refractivity contribution < 1.29 is 13.2 Å². The van der Waals surface area contributed by atoms with Gasteiger partial charge in [-0.2, -0.15) is 0 Å². The monoisotopic (exact) mass is 429 g/mol.